The Morgan fingerprint density at radius 3 is 0.643 bits per heavy atom. The minimum atomic E-state index is -2.33. The Bertz CT molecular complexity index is 76.1. The fraction of sp³-hybridized carbons (Fsp3) is 0. The number of carbonyl (C=O) groups excluding carboxylic acids is 2. The van der Waals surface area contributed by atoms with Crippen molar-refractivity contribution in [1.29, 1.82) is 0 Å². The Kier molecular flexibility index (Phi) is 247. The summed E-state index contributed by atoms with van der Waals surface area (Å²) in [6, 6.07) is 0. The Morgan fingerprint density at radius 1 is 0.643 bits per heavy atom. The molecule has 0 heterocycles. The van der Waals surface area contributed by atoms with Crippen molar-refractivity contribution in [2.45, 2.75) is 0 Å². The fourth-order valence-corrected chi connectivity index (χ4v) is 0. The van der Waals surface area contributed by atoms with Crippen molar-refractivity contribution in [3.8, 4) is 0 Å². The zero-order chi connectivity index (χ0) is 7.15. The van der Waals surface area contributed by atoms with Gasteiger partial charge in [-0.1, -0.05) is 0 Å². The average Bonchev–Trinajstić information content (AvgIpc) is 1.25. The second kappa shape index (κ2) is 52.3. The van der Waals surface area contributed by atoms with Crippen LogP contribution in [0.15, 0.2) is 0 Å². The topological polar surface area (TPSA) is 218 Å². The molecule has 0 spiro atoms. The van der Waals surface area contributed by atoms with Crippen LogP contribution in [0.3, 0.4) is 0 Å². The molecule has 12 heteroatoms. The first-order valence-corrected chi connectivity index (χ1v) is 1.22. The van der Waals surface area contributed by atoms with Crippen LogP contribution >= 0.6 is 0 Å². The second-order valence-corrected chi connectivity index (χ2v) is 0.500. The van der Waals surface area contributed by atoms with Gasteiger partial charge < -0.3 is 46.4 Å². The molecule has 0 saturated carbocycles. The number of rotatable bonds is 0. The third-order valence-electron chi connectivity index (χ3n) is 0. The Hall–Kier alpha value is -0.0605. The van der Waals surface area contributed by atoms with E-state index in [9.17, 15) is 0 Å². The third-order valence-corrected chi connectivity index (χ3v) is 0. The predicted molar refractivity (Wildman–Crippen MR) is 18.3 cm³/mol. The molecule has 0 aliphatic carbocycles. The largest absolute Gasteiger partial charge is 2.00 e. The summed E-state index contributed by atoms with van der Waals surface area (Å²) >= 11 is 0. The van der Waals surface area contributed by atoms with E-state index in [1.807, 2.05) is 0 Å². The quantitative estimate of drug-likeness (QED) is 0.408. The van der Waals surface area contributed by atoms with E-state index >= 15 is 0 Å². The van der Waals surface area contributed by atoms with E-state index in [2.05, 4.69) is 0 Å². The first-order valence-electron chi connectivity index (χ1n) is 1.22. The molecule has 3 radical (unpaired) electrons. The number of carboxylic acid groups (broad SMARTS) is 4. The maximum atomic E-state index is 8.33. The Labute approximate surface area is 109 Å². The molecule has 0 aromatic heterocycles. The van der Waals surface area contributed by atoms with E-state index in [0.29, 0.717) is 0 Å². The molecule has 0 saturated heterocycles. The number of hydrogen-bond acceptors (Lipinski definition) is 8. The third kappa shape index (κ3) is 390000. The van der Waals surface area contributed by atoms with E-state index in [4.69, 9.17) is 30.0 Å². The summed E-state index contributed by atoms with van der Waals surface area (Å²) in [5.74, 6) is 0. The molecule has 93 valence electrons. The normalized spacial score (nSPS) is 3.43. The van der Waals surface area contributed by atoms with Gasteiger partial charge >= 0.3 is 50.3 Å². The van der Waals surface area contributed by atoms with Crippen molar-refractivity contribution in [3.05, 3.63) is 0 Å². The zero-order valence-electron chi connectivity index (χ0n) is 5.84. The van der Waals surface area contributed by atoms with Gasteiger partial charge in [0, 0.05) is 0 Å². The van der Waals surface area contributed by atoms with Crippen molar-refractivity contribution >= 4 is 12.3 Å². The Balaban J connectivity index is -0.00000000600. The van der Waals surface area contributed by atoms with Gasteiger partial charge in [0.2, 0.25) is 0 Å². The molecule has 0 fully saturated rings. The van der Waals surface area contributed by atoms with Crippen LogP contribution in [0.4, 0.5) is 9.59 Å². The summed E-state index contributed by atoms with van der Waals surface area (Å²) < 4.78 is 0. The Morgan fingerprint density at radius 2 is 0.643 bits per heavy atom. The molecular formula is C2H4Co3O9. The molecular weight excluding hydrogens is 345 g/mol. The number of hydrogen-bond donors (Lipinski definition) is 0. The molecule has 0 unspecified atom stereocenters. The van der Waals surface area contributed by atoms with Gasteiger partial charge in [0.1, 0.15) is 0 Å². The molecule has 0 aromatic carbocycles. The van der Waals surface area contributed by atoms with Crippen molar-refractivity contribution in [1.82, 2.24) is 0 Å². The smallest absolute Gasteiger partial charge is 0.870 e. The van der Waals surface area contributed by atoms with Crippen molar-refractivity contribution in [3.63, 3.8) is 0 Å². The summed E-state index contributed by atoms with van der Waals surface area (Å²) in [6.45, 7) is 0. The molecule has 0 aliphatic heterocycles. The summed E-state index contributed by atoms with van der Waals surface area (Å²) in [5, 5.41) is 33.3. The maximum Gasteiger partial charge on any atom is 2.00 e. The SMILES string of the molecule is O.O=C([O-])[O-].O=C([O-])[O-].[Co+2].[Co+2].[Co+2].[OH-].[OH-]. The van der Waals surface area contributed by atoms with E-state index in [1.165, 1.54) is 0 Å². The average molecular weight is 349 g/mol. The van der Waals surface area contributed by atoms with Crippen molar-refractivity contribution in [2.24, 2.45) is 0 Å². The minimum absolute atomic E-state index is 0. The van der Waals surface area contributed by atoms with Crippen molar-refractivity contribution in [2.75, 3.05) is 0 Å². The zero-order valence-corrected chi connectivity index (χ0v) is 8.97. The van der Waals surface area contributed by atoms with E-state index < -0.39 is 12.3 Å². The van der Waals surface area contributed by atoms with Gasteiger partial charge in [-0.25, -0.2) is 0 Å². The van der Waals surface area contributed by atoms with Crippen LogP contribution in [0.25, 0.3) is 0 Å². The van der Waals surface area contributed by atoms with Crippen LogP contribution < -0.4 is 20.4 Å². The molecule has 9 nitrogen and oxygen atoms in total. The van der Waals surface area contributed by atoms with Gasteiger partial charge in [-0.05, 0) is 12.3 Å². The van der Waals surface area contributed by atoms with Gasteiger partial charge in [-0.15, -0.1) is 0 Å². The van der Waals surface area contributed by atoms with Gasteiger partial charge in [0.25, 0.3) is 0 Å². The van der Waals surface area contributed by atoms with Gasteiger partial charge in [0.15, 0.2) is 0 Å². The monoisotopic (exact) mass is 349 g/mol. The molecule has 0 atom stereocenters. The number of carbonyl (C=O) groups is 2. The molecule has 0 aliphatic rings. The van der Waals surface area contributed by atoms with Crippen LogP contribution in [-0.2, 0) is 50.3 Å². The van der Waals surface area contributed by atoms with Crippen LogP contribution in [0.5, 0.6) is 0 Å². The molecule has 0 rings (SSSR count). The molecule has 0 amide bonds. The van der Waals surface area contributed by atoms with E-state index in [1.54, 1.807) is 0 Å². The fourth-order valence-electron chi connectivity index (χ4n) is 0. The predicted octanol–water partition coefficient (Wildman–Crippen LogP) is -6.08. The van der Waals surface area contributed by atoms with Crippen molar-refractivity contribution < 1.29 is 96.8 Å². The van der Waals surface area contributed by atoms with Crippen LogP contribution in [-0.4, -0.2) is 28.7 Å². The summed E-state index contributed by atoms with van der Waals surface area (Å²) in [4.78, 5) is 16.7. The van der Waals surface area contributed by atoms with Gasteiger partial charge in [0.05, 0.1) is 0 Å². The molecule has 14 heavy (non-hydrogen) atoms. The summed E-state index contributed by atoms with van der Waals surface area (Å²) in [6.07, 6.45) is -4.67. The second-order valence-electron chi connectivity index (χ2n) is 0.500. The first kappa shape index (κ1) is 66.2. The van der Waals surface area contributed by atoms with E-state index in [-0.39, 0.29) is 66.8 Å². The van der Waals surface area contributed by atoms with Crippen LogP contribution in [0.1, 0.15) is 0 Å². The standard InChI is InChI=1S/2CH2O3.3Co.3H2O/c2*2-1(3)4;;;;;;/h2*(H2,2,3,4);;;;3*1H2/q;;3*+2;;;/p-6. The summed E-state index contributed by atoms with van der Waals surface area (Å²) in [7, 11) is 0. The first-order chi connectivity index (χ1) is 3.46. The minimum Gasteiger partial charge on any atom is -0.870 e. The maximum absolute atomic E-state index is 8.33. The summed E-state index contributed by atoms with van der Waals surface area (Å²) in [5.41, 5.74) is 0. The van der Waals surface area contributed by atoms with Gasteiger partial charge in [-0.2, -0.15) is 0 Å². The van der Waals surface area contributed by atoms with Gasteiger partial charge in [-0.3, -0.25) is 0 Å². The van der Waals surface area contributed by atoms with Crippen LogP contribution in [0.2, 0.25) is 0 Å². The van der Waals surface area contributed by atoms with E-state index in [0.717, 1.165) is 0 Å². The van der Waals surface area contributed by atoms with Crippen LogP contribution in [0, 0.1) is 0 Å². The molecule has 0 aromatic rings. The molecule has 4 N–H and O–H groups in total. The molecule has 0 bridgehead atoms.